The second-order valence-corrected chi connectivity index (χ2v) is 11.2. The van der Waals surface area contributed by atoms with Crippen molar-refractivity contribution in [2.45, 2.75) is 0 Å². The van der Waals surface area contributed by atoms with Crippen molar-refractivity contribution >= 4 is 43.7 Å². The van der Waals surface area contributed by atoms with Gasteiger partial charge in [-0.25, -0.2) is 4.98 Å². The Hall–Kier alpha value is -4.65. The summed E-state index contributed by atoms with van der Waals surface area (Å²) in [7, 11) is 0. The molecule has 39 heavy (non-hydrogen) atoms. The van der Waals surface area contributed by atoms with Gasteiger partial charge in [0, 0.05) is 47.7 Å². The molecule has 0 amide bonds. The highest BCUT2D eigenvalue weighted by atomic mass is 32.1. The van der Waals surface area contributed by atoms with Crippen molar-refractivity contribution in [1.82, 2.24) is 4.98 Å². The van der Waals surface area contributed by atoms with E-state index in [2.05, 4.69) is 71.0 Å². The van der Waals surface area contributed by atoms with Gasteiger partial charge in [-0.15, -0.1) is 22.7 Å². The predicted molar refractivity (Wildman–Crippen MR) is 159 cm³/mol. The molecule has 4 nitrogen and oxygen atoms in total. The third-order valence-corrected chi connectivity index (χ3v) is 8.91. The van der Waals surface area contributed by atoms with E-state index in [1.54, 1.807) is 41.4 Å². The van der Waals surface area contributed by atoms with Crippen LogP contribution in [0.15, 0.2) is 128 Å². The SMILES string of the molecule is c1coc(-c2cc(-c3ncco3)c(-c3cc4ccccc4s3)c(-c3cccs3)c2-c2cc3ccccc3o2)c1. The maximum atomic E-state index is 6.54. The molecule has 3 aromatic carbocycles. The van der Waals surface area contributed by atoms with Gasteiger partial charge in [0.15, 0.2) is 0 Å². The van der Waals surface area contributed by atoms with Crippen molar-refractivity contribution in [3.8, 4) is 55.0 Å². The average Bonchev–Trinajstić information content (AvgIpc) is 3.81. The third kappa shape index (κ3) is 3.68. The van der Waals surface area contributed by atoms with E-state index < -0.39 is 0 Å². The second-order valence-electron chi connectivity index (χ2n) is 9.19. The van der Waals surface area contributed by atoms with Crippen molar-refractivity contribution in [3.63, 3.8) is 0 Å². The average molecular weight is 542 g/mol. The summed E-state index contributed by atoms with van der Waals surface area (Å²) in [5.74, 6) is 2.09. The van der Waals surface area contributed by atoms with Crippen molar-refractivity contribution in [3.05, 3.63) is 115 Å². The van der Waals surface area contributed by atoms with Gasteiger partial charge in [-0.05, 0) is 59.3 Å². The Morgan fingerprint density at radius 3 is 2.28 bits per heavy atom. The lowest BCUT2D eigenvalue weighted by molar-refractivity contribution is 0.574. The topological polar surface area (TPSA) is 52.3 Å². The molecule has 5 heterocycles. The molecule has 8 rings (SSSR count). The van der Waals surface area contributed by atoms with Gasteiger partial charge in [0.1, 0.15) is 23.4 Å². The zero-order chi connectivity index (χ0) is 25.8. The number of fused-ring (bicyclic) bond motifs is 2. The molecule has 6 heteroatoms. The minimum Gasteiger partial charge on any atom is -0.464 e. The number of hydrogen-bond acceptors (Lipinski definition) is 6. The highest BCUT2D eigenvalue weighted by molar-refractivity contribution is 7.22. The summed E-state index contributed by atoms with van der Waals surface area (Å²) >= 11 is 3.47. The van der Waals surface area contributed by atoms with E-state index in [9.17, 15) is 0 Å². The molecule has 0 aliphatic heterocycles. The molecule has 8 aromatic rings. The van der Waals surface area contributed by atoms with Crippen molar-refractivity contribution in [2.75, 3.05) is 0 Å². The molecule has 0 N–H and O–H groups in total. The Kier molecular flexibility index (Phi) is 5.14. The molecule has 0 bridgehead atoms. The van der Waals surface area contributed by atoms with Gasteiger partial charge in [0.25, 0.3) is 0 Å². The summed E-state index contributed by atoms with van der Waals surface area (Å²) in [5.41, 5.74) is 5.77. The van der Waals surface area contributed by atoms with Crippen LogP contribution in [-0.2, 0) is 0 Å². The van der Waals surface area contributed by atoms with Crippen LogP contribution in [0.3, 0.4) is 0 Å². The van der Waals surface area contributed by atoms with Gasteiger partial charge in [-0.3, -0.25) is 0 Å². The first kappa shape index (κ1) is 22.3. The molecule has 0 saturated carbocycles. The number of oxazole rings is 1. The Balaban J connectivity index is 1.57. The molecule has 5 aromatic heterocycles. The van der Waals surface area contributed by atoms with Crippen LogP contribution in [-0.4, -0.2) is 4.98 Å². The molecule has 0 saturated heterocycles. The van der Waals surface area contributed by atoms with Crippen molar-refractivity contribution < 1.29 is 13.3 Å². The van der Waals surface area contributed by atoms with Gasteiger partial charge >= 0.3 is 0 Å². The molecular weight excluding hydrogens is 523 g/mol. The van der Waals surface area contributed by atoms with Crippen LogP contribution in [0.2, 0.25) is 0 Å². The first-order valence-electron chi connectivity index (χ1n) is 12.5. The monoisotopic (exact) mass is 541 g/mol. The first-order chi connectivity index (χ1) is 19.3. The maximum absolute atomic E-state index is 6.54. The summed E-state index contributed by atoms with van der Waals surface area (Å²) in [6, 6.07) is 31.2. The molecular formula is C33H19NO3S2. The first-order valence-corrected chi connectivity index (χ1v) is 14.2. The van der Waals surface area contributed by atoms with E-state index in [-0.39, 0.29) is 0 Å². The van der Waals surface area contributed by atoms with Gasteiger partial charge in [0.05, 0.1) is 12.5 Å². The lowest BCUT2D eigenvalue weighted by atomic mass is 9.87. The van der Waals surface area contributed by atoms with E-state index >= 15 is 0 Å². The Labute approximate surface area is 231 Å². The molecule has 0 aliphatic carbocycles. The predicted octanol–water partition coefficient (Wildman–Crippen LogP) is 10.6. The van der Waals surface area contributed by atoms with Crippen LogP contribution >= 0.6 is 22.7 Å². The number of nitrogens with zero attached hydrogens (tertiary/aromatic N) is 1. The lowest BCUT2D eigenvalue weighted by Crippen LogP contribution is -1.95. The fourth-order valence-electron chi connectivity index (χ4n) is 5.22. The number of para-hydroxylation sites is 1. The van der Waals surface area contributed by atoms with E-state index in [0.717, 1.165) is 60.1 Å². The van der Waals surface area contributed by atoms with Crippen molar-refractivity contribution in [1.29, 1.82) is 0 Å². The van der Waals surface area contributed by atoms with Gasteiger partial charge in [-0.2, -0.15) is 0 Å². The van der Waals surface area contributed by atoms with Crippen LogP contribution in [0.1, 0.15) is 0 Å². The number of hydrogen-bond donors (Lipinski definition) is 0. The van der Waals surface area contributed by atoms with Crippen LogP contribution in [0.25, 0.3) is 76.0 Å². The summed E-state index contributed by atoms with van der Waals surface area (Å²) < 4.78 is 19.7. The normalized spacial score (nSPS) is 11.6. The van der Waals surface area contributed by atoms with E-state index in [1.807, 2.05) is 30.3 Å². The van der Waals surface area contributed by atoms with Crippen LogP contribution in [0, 0.1) is 0 Å². The molecule has 0 radical (unpaired) electrons. The summed E-state index contributed by atoms with van der Waals surface area (Å²) in [4.78, 5) is 6.86. The standard InChI is InChI=1S/C33H19NO3S2/c1-3-9-24-20(7-1)17-26(37-24)30-22(25-10-5-14-35-25)19-23(33-34-13-15-36-33)31(32(30)28-12-6-16-38-28)29-18-21-8-2-4-11-27(21)39-29/h1-19H. The minimum atomic E-state index is 0.559. The highest BCUT2D eigenvalue weighted by Crippen LogP contribution is 2.53. The molecule has 0 fully saturated rings. The number of rotatable bonds is 5. The molecule has 0 spiro atoms. The highest BCUT2D eigenvalue weighted by Gasteiger charge is 2.29. The van der Waals surface area contributed by atoms with Crippen LogP contribution in [0.5, 0.6) is 0 Å². The summed E-state index contributed by atoms with van der Waals surface area (Å²) in [5, 5.41) is 4.36. The lowest BCUT2D eigenvalue weighted by Gasteiger charge is -2.19. The Bertz CT molecular complexity index is 1860. The second kappa shape index (κ2) is 8.98. The Morgan fingerprint density at radius 1 is 0.615 bits per heavy atom. The summed E-state index contributed by atoms with van der Waals surface area (Å²) in [6.07, 6.45) is 5.01. The van der Waals surface area contributed by atoms with Gasteiger partial charge in [0.2, 0.25) is 5.89 Å². The van der Waals surface area contributed by atoms with E-state index in [0.29, 0.717) is 5.89 Å². The molecule has 0 aliphatic rings. The van der Waals surface area contributed by atoms with Gasteiger partial charge < -0.3 is 13.3 Å². The molecule has 0 atom stereocenters. The smallest absolute Gasteiger partial charge is 0.226 e. The zero-order valence-corrected chi connectivity index (χ0v) is 22.1. The fraction of sp³-hybridized carbons (Fsp3) is 0. The Morgan fingerprint density at radius 2 is 1.51 bits per heavy atom. The quantitative estimate of drug-likeness (QED) is 0.217. The van der Waals surface area contributed by atoms with Crippen LogP contribution in [0.4, 0.5) is 0 Å². The number of furan rings is 2. The van der Waals surface area contributed by atoms with Crippen LogP contribution < -0.4 is 0 Å². The zero-order valence-electron chi connectivity index (χ0n) is 20.5. The third-order valence-electron chi connectivity index (χ3n) is 6.89. The number of aromatic nitrogens is 1. The minimum absolute atomic E-state index is 0.559. The van der Waals surface area contributed by atoms with Gasteiger partial charge in [-0.1, -0.05) is 42.5 Å². The largest absolute Gasteiger partial charge is 0.464 e. The fourth-order valence-corrected chi connectivity index (χ4v) is 7.13. The van der Waals surface area contributed by atoms with E-state index in [4.69, 9.17) is 13.3 Å². The number of benzene rings is 3. The van der Waals surface area contributed by atoms with E-state index in [1.165, 1.54) is 10.1 Å². The maximum Gasteiger partial charge on any atom is 0.226 e. The summed E-state index contributed by atoms with van der Waals surface area (Å²) in [6.45, 7) is 0. The molecule has 186 valence electrons. The molecule has 0 unspecified atom stereocenters. The number of thiophene rings is 2. The van der Waals surface area contributed by atoms with Crippen molar-refractivity contribution in [2.24, 2.45) is 0 Å².